The van der Waals surface area contributed by atoms with E-state index in [1.165, 1.54) is 11.8 Å². The minimum absolute atomic E-state index is 0.136. The van der Waals surface area contributed by atoms with E-state index in [4.69, 9.17) is 14.8 Å². The first-order valence-corrected chi connectivity index (χ1v) is 12.0. The van der Waals surface area contributed by atoms with Crippen molar-refractivity contribution in [1.29, 1.82) is 0 Å². The van der Waals surface area contributed by atoms with Gasteiger partial charge in [0, 0.05) is 0 Å². The van der Waals surface area contributed by atoms with Crippen molar-refractivity contribution in [2.45, 2.75) is 27.7 Å². The Morgan fingerprint density at radius 1 is 0.943 bits per heavy atom. The zero-order valence-corrected chi connectivity index (χ0v) is 20.8. The van der Waals surface area contributed by atoms with Gasteiger partial charge in [0.2, 0.25) is 0 Å². The fraction of sp³-hybridized carbons (Fsp3) is 0.179. The van der Waals surface area contributed by atoms with Crippen LogP contribution in [0.1, 0.15) is 27.8 Å². The summed E-state index contributed by atoms with van der Waals surface area (Å²) >= 11 is 1.34. The van der Waals surface area contributed by atoms with E-state index >= 15 is 0 Å². The first-order valence-electron chi connectivity index (χ1n) is 11.1. The van der Waals surface area contributed by atoms with E-state index in [0.29, 0.717) is 15.8 Å². The lowest BCUT2D eigenvalue weighted by Gasteiger charge is -2.21. The fourth-order valence-corrected chi connectivity index (χ4v) is 4.91. The number of anilines is 1. The highest BCUT2D eigenvalue weighted by Crippen LogP contribution is 2.40. The van der Waals surface area contributed by atoms with Gasteiger partial charge < -0.3 is 9.84 Å². The second-order valence-electron chi connectivity index (χ2n) is 8.38. The summed E-state index contributed by atoms with van der Waals surface area (Å²) in [5.74, 6) is -0.718. The van der Waals surface area contributed by atoms with E-state index in [2.05, 4.69) is 0 Å². The van der Waals surface area contributed by atoms with Gasteiger partial charge in [-0.2, -0.15) is 0 Å². The Kier molecular flexibility index (Phi) is 7.07. The number of aliphatic carboxylic acids is 1. The number of aryl methyl sites for hydroxylation is 4. The molecule has 7 heteroatoms. The smallest absolute Gasteiger partial charge is 0.341 e. The molecule has 0 radical (unpaired) electrons. The average molecular weight is 487 g/mol. The standard InChI is InChI=1S/C28H26N2O4S/c1-17-7-5-8-18(2)25(17)29-28-30(26-19(3)9-6-10-20(26)4)27(33)23(35-28)15-21-11-13-22(14-12-21)34-16-24(31)32/h5-15H,16H2,1-4H3,(H,31,32)/b23-15+,29-28?. The maximum atomic E-state index is 13.7. The van der Waals surface area contributed by atoms with Crippen LogP contribution >= 0.6 is 11.8 Å². The number of carboxylic acids is 1. The van der Waals surface area contributed by atoms with Crippen molar-refractivity contribution in [2.24, 2.45) is 4.99 Å². The van der Waals surface area contributed by atoms with Gasteiger partial charge in [-0.3, -0.25) is 9.69 Å². The van der Waals surface area contributed by atoms with Crippen LogP contribution in [0.5, 0.6) is 5.75 Å². The van der Waals surface area contributed by atoms with Gasteiger partial charge in [-0.15, -0.1) is 0 Å². The van der Waals surface area contributed by atoms with Crippen molar-refractivity contribution in [3.8, 4) is 5.75 Å². The van der Waals surface area contributed by atoms with Crippen LogP contribution in [0.3, 0.4) is 0 Å². The number of carbonyl (C=O) groups excluding carboxylic acids is 1. The van der Waals surface area contributed by atoms with Gasteiger partial charge >= 0.3 is 5.97 Å². The number of carboxylic acid groups (broad SMARTS) is 1. The quantitative estimate of drug-likeness (QED) is 0.420. The molecular weight excluding hydrogens is 460 g/mol. The van der Waals surface area contributed by atoms with Crippen LogP contribution in [-0.4, -0.2) is 28.8 Å². The molecule has 1 fully saturated rings. The summed E-state index contributed by atoms with van der Waals surface area (Å²) in [7, 11) is 0. The molecule has 1 N–H and O–H groups in total. The van der Waals surface area contributed by atoms with Crippen LogP contribution in [0.2, 0.25) is 0 Å². The molecule has 1 saturated heterocycles. The van der Waals surface area contributed by atoms with Crippen molar-refractivity contribution in [3.63, 3.8) is 0 Å². The maximum absolute atomic E-state index is 13.7. The second-order valence-corrected chi connectivity index (χ2v) is 9.39. The zero-order valence-electron chi connectivity index (χ0n) is 20.0. The predicted octanol–water partition coefficient (Wildman–Crippen LogP) is 6.19. The van der Waals surface area contributed by atoms with Crippen molar-refractivity contribution < 1.29 is 19.4 Å². The first kappa shape index (κ1) is 24.3. The second kappa shape index (κ2) is 10.2. The van der Waals surface area contributed by atoms with Gasteiger partial charge in [-0.1, -0.05) is 48.5 Å². The SMILES string of the molecule is Cc1cccc(C)c1N=C1S/C(=C/c2ccc(OCC(=O)O)cc2)C(=O)N1c1c(C)cccc1C. The summed E-state index contributed by atoms with van der Waals surface area (Å²) in [4.78, 5) is 31.6. The van der Waals surface area contributed by atoms with Crippen LogP contribution in [-0.2, 0) is 9.59 Å². The van der Waals surface area contributed by atoms with Crippen molar-refractivity contribution in [3.05, 3.63) is 93.4 Å². The van der Waals surface area contributed by atoms with Crippen LogP contribution in [0.4, 0.5) is 11.4 Å². The summed E-state index contributed by atoms with van der Waals surface area (Å²) in [6, 6.07) is 19.0. The van der Waals surface area contributed by atoms with Crippen molar-refractivity contribution in [2.75, 3.05) is 11.5 Å². The summed E-state index contributed by atoms with van der Waals surface area (Å²) in [6.07, 6.45) is 1.82. The number of nitrogens with zero attached hydrogens (tertiary/aromatic N) is 2. The van der Waals surface area contributed by atoms with Crippen molar-refractivity contribution >= 4 is 46.3 Å². The summed E-state index contributed by atoms with van der Waals surface area (Å²) in [5.41, 5.74) is 6.58. The molecular formula is C28H26N2O4S. The van der Waals surface area contributed by atoms with E-state index in [0.717, 1.165) is 39.2 Å². The van der Waals surface area contributed by atoms with Crippen LogP contribution in [0, 0.1) is 27.7 Å². The molecule has 1 aliphatic rings. The van der Waals surface area contributed by atoms with Gasteiger partial charge in [0.25, 0.3) is 5.91 Å². The number of para-hydroxylation sites is 2. The van der Waals surface area contributed by atoms with E-state index in [9.17, 15) is 9.59 Å². The molecule has 0 spiro atoms. The number of carbonyl (C=O) groups is 2. The number of amides is 1. The molecule has 1 heterocycles. The molecule has 0 saturated carbocycles. The molecule has 0 atom stereocenters. The largest absolute Gasteiger partial charge is 0.482 e. The number of aliphatic imine (C=N–C) groups is 1. The molecule has 0 bridgehead atoms. The molecule has 3 aromatic carbocycles. The van der Waals surface area contributed by atoms with Crippen LogP contribution < -0.4 is 9.64 Å². The molecule has 4 rings (SSSR count). The first-order chi connectivity index (χ1) is 16.7. The normalized spacial score (nSPS) is 15.8. The van der Waals surface area contributed by atoms with Gasteiger partial charge in [-0.05, 0) is 85.5 Å². The molecule has 0 aliphatic carbocycles. The van der Waals surface area contributed by atoms with E-state index in [-0.39, 0.29) is 5.91 Å². The van der Waals surface area contributed by atoms with E-state index < -0.39 is 12.6 Å². The zero-order chi connectivity index (χ0) is 25.1. The Labute approximate surface area is 209 Å². The lowest BCUT2D eigenvalue weighted by Crippen LogP contribution is -2.30. The van der Waals surface area contributed by atoms with Gasteiger partial charge in [0.05, 0.1) is 16.3 Å². The number of hydrogen-bond acceptors (Lipinski definition) is 5. The number of benzene rings is 3. The third kappa shape index (κ3) is 5.30. The Morgan fingerprint density at radius 2 is 1.51 bits per heavy atom. The molecule has 1 amide bonds. The van der Waals surface area contributed by atoms with Crippen LogP contribution in [0.15, 0.2) is 70.6 Å². The van der Waals surface area contributed by atoms with E-state index in [1.807, 2.05) is 70.2 Å². The molecule has 0 aromatic heterocycles. The van der Waals surface area contributed by atoms with Gasteiger partial charge in [-0.25, -0.2) is 9.79 Å². The fourth-order valence-electron chi connectivity index (χ4n) is 3.94. The van der Waals surface area contributed by atoms with Crippen LogP contribution in [0.25, 0.3) is 6.08 Å². The molecule has 0 unspecified atom stereocenters. The highest BCUT2D eigenvalue weighted by atomic mass is 32.2. The number of thioether (sulfide) groups is 1. The Morgan fingerprint density at radius 3 is 2.09 bits per heavy atom. The molecule has 3 aromatic rings. The lowest BCUT2D eigenvalue weighted by molar-refractivity contribution is -0.139. The predicted molar refractivity (Wildman–Crippen MR) is 142 cm³/mol. The highest BCUT2D eigenvalue weighted by molar-refractivity contribution is 8.19. The number of ether oxygens (including phenoxy) is 1. The topological polar surface area (TPSA) is 79.2 Å². The summed E-state index contributed by atoms with van der Waals surface area (Å²) in [6.45, 7) is 7.62. The maximum Gasteiger partial charge on any atom is 0.341 e. The van der Waals surface area contributed by atoms with E-state index in [1.54, 1.807) is 29.2 Å². The molecule has 178 valence electrons. The molecule has 35 heavy (non-hydrogen) atoms. The summed E-state index contributed by atoms with van der Waals surface area (Å²) < 4.78 is 5.20. The lowest BCUT2D eigenvalue weighted by atomic mass is 10.1. The third-order valence-corrected chi connectivity index (χ3v) is 6.63. The monoisotopic (exact) mass is 486 g/mol. The number of rotatable bonds is 6. The minimum atomic E-state index is -1.04. The van der Waals surface area contributed by atoms with Gasteiger partial charge in [0.1, 0.15) is 5.75 Å². The van der Waals surface area contributed by atoms with Crippen molar-refractivity contribution in [1.82, 2.24) is 0 Å². The summed E-state index contributed by atoms with van der Waals surface area (Å²) in [5, 5.41) is 9.39. The molecule has 1 aliphatic heterocycles. The van der Waals surface area contributed by atoms with Gasteiger partial charge in [0.15, 0.2) is 11.8 Å². The highest BCUT2D eigenvalue weighted by Gasteiger charge is 2.36. The molecule has 6 nitrogen and oxygen atoms in total. The Hall–Kier alpha value is -3.84. The number of hydrogen-bond donors (Lipinski definition) is 1. The Balaban J connectivity index is 1.75. The number of amidine groups is 1. The third-order valence-electron chi connectivity index (χ3n) is 5.66. The average Bonchev–Trinajstić information content (AvgIpc) is 3.10. The minimum Gasteiger partial charge on any atom is -0.482 e. The Bertz CT molecular complexity index is 1320.